The molecule has 0 aromatic heterocycles. The van der Waals surface area contributed by atoms with Crippen LogP contribution in [0.15, 0.2) is 0 Å². The van der Waals surface area contributed by atoms with Gasteiger partial charge < -0.3 is 5.73 Å². The van der Waals surface area contributed by atoms with Gasteiger partial charge in [0.2, 0.25) is 5.24 Å². The molecule has 78 valence electrons. The van der Waals surface area contributed by atoms with Gasteiger partial charge in [0.15, 0.2) is 0 Å². The molecule has 4 aliphatic rings. The smallest absolute Gasteiger partial charge is 0.242 e. The quantitative estimate of drug-likeness (QED) is 0.677. The molecule has 2 nitrogen and oxygen atoms in total. The SMILES string of the molecule is NC1(C(=O)Cl)C2CC3CC(C2)CC1C3. The van der Waals surface area contributed by atoms with Crippen LogP contribution in [0.4, 0.5) is 0 Å². The van der Waals surface area contributed by atoms with Gasteiger partial charge in [-0.25, -0.2) is 0 Å². The molecule has 0 aliphatic heterocycles. The van der Waals surface area contributed by atoms with Crippen molar-refractivity contribution < 1.29 is 4.79 Å². The van der Waals surface area contributed by atoms with Crippen LogP contribution in [0.25, 0.3) is 0 Å². The monoisotopic (exact) mass is 213 g/mol. The minimum atomic E-state index is -0.672. The van der Waals surface area contributed by atoms with Gasteiger partial charge in [-0.1, -0.05) is 0 Å². The summed E-state index contributed by atoms with van der Waals surface area (Å²) in [6.07, 6.45) is 5.94. The normalized spacial score (nSPS) is 55.0. The molecule has 0 spiro atoms. The third-order valence-electron chi connectivity index (χ3n) is 4.83. The highest BCUT2D eigenvalue weighted by Gasteiger charge is 2.58. The highest BCUT2D eigenvalue weighted by molar-refractivity contribution is 6.65. The largest absolute Gasteiger partial charge is 0.317 e. The van der Waals surface area contributed by atoms with Crippen molar-refractivity contribution in [3.8, 4) is 0 Å². The Hall–Kier alpha value is -0.0800. The van der Waals surface area contributed by atoms with Gasteiger partial charge in [0.25, 0.3) is 0 Å². The number of nitrogens with two attached hydrogens (primary N) is 1. The molecular formula is C11H16ClNO. The van der Waals surface area contributed by atoms with Crippen LogP contribution in [0.2, 0.25) is 0 Å². The van der Waals surface area contributed by atoms with E-state index in [9.17, 15) is 4.79 Å². The summed E-state index contributed by atoms with van der Waals surface area (Å²) < 4.78 is 0. The van der Waals surface area contributed by atoms with E-state index in [4.69, 9.17) is 17.3 Å². The maximum atomic E-state index is 11.5. The second-order valence-corrected chi connectivity index (χ2v) is 5.85. The van der Waals surface area contributed by atoms with Crippen molar-refractivity contribution in [3.63, 3.8) is 0 Å². The maximum Gasteiger partial charge on any atom is 0.242 e. The van der Waals surface area contributed by atoms with Crippen LogP contribution in [0.5, 0.6) is 0 Å². The van der Waals surface area contributed by atoms with Gasteiger partial charge in [0.1, 0.15) is 0 Å². The van der Waals surface area contributed by atoms with Crippen LogP contribution in [0.3, 0.4) is 0 Å². The second kappa shape index (κ2) is 2.73. The summed E-state index contributed by atoms with van der Waals surface area (Å²) in [5.41, 5.74) is 5.58. The van der Waals surface area contributed by atoms with Gasteiger partial charge in [-0.2, -0.15) is 0 Å². The molecule has 0 aromatic rings. The minimum Gasteiger partial charge on any atom is -0.317 e. The summed E-state index contributed by atoms with van der Waals surface area (Å²) in [7, 11) is 0. The van der Waals surface area contributed by atoms with Crippen molar-refractivity contribution >= 4 is 16.8 Å². The maximum absolute atomic E-state index is 11.5. The first-order chi connectivity index (χ1) is 6.60. The lowest BCUT2D eigenvalue weighted by molar-refractivity contribution is -0.131. The zero-order valence-corrected chi connectivity index (χ0v) is 8.96. The van der Waals surface area contributed by atoms with E-state index >= 15 is 0 Å². The summed E-state index contributed by atoms with van der Waals surface area (Å²) in [5.74, 6) is 2.43. The predicted molar refractivity (Wildman–Crippen MR) is 54.8 cm³/mol. The lowest BCUT2D eigenvalue weighted by atomic mass is 9.49. The molecular weight excluding hydrogens is 198 g/mol. The Morgan fingerprint density at radius 3 is 1.86 bits per heavy atom. The molecule has 0 amide bonds. The third kappa shape index (κ3) is 0.989. The zero-order chi connectivity index (χ0) is 9.92. The number of halogens is 1. The molecule has 0 unspecified atom stereocenters. The molecule has 4 rings (SSSR count). The van der Waals surface area contributed by atoms with Gasteiger partial charge >= 0.3 is 0 Å². The van der Waals surface area contributed by atoms with Crippen LogP contribution in [0, 0.1) is 23.7 Å². The third-order valence-corrected chi connectivity index (χ3v) is 5.16. The van der Waals surface area contributed by atoms with Gasteiger partial charge in [0, 0.05) is 0 Å². The van der Waals surface area contributed by atoms with Gasteiger partial charge in [-0.05, 0) is 67.4 Å². The number of carbonyl (C=O) groups excluding carboxylic acids is 1. The van der Waals surface area contributed by atoms with Crippen molar-refractivity contribution in [1.29, 1.82) is 0 Å². The fourth-order valence-electron chi connectivity index (χ4n) is 4.29. The number of rotatable bonds is 1. The van der Waals surface area contributed by atoms with Gasteiger partial charge in [-0.3, -0.25) is 4.79 Å². The van der Waals surface area contributed by atoms with Crippen molar-refractivity contribution in [2.75, 3.05) is 0 Å². The molecule has 3 heteroatoms. The molecule has 2 N–H and O–H groups in total. The van der Waals surface area contributed by atoms with Crippen LogP contribution in [-0.4, -0.2) is 10.8 Å². The zero-order valence-electron chi connectivity index (χ0n) is 8.21. The highest BCUT2D eigenvalue weighted by Crippen LogP contribution is 2.57. The average Bonchev–Trinajstić information content (AvgIpc) is 2.12. The van der Waals surface area contributed by atoms with E-state index in [-0.39, 0.29) is 5.24 Å². The van der Waals surface area contributed by atoms with E-state index in [1.54, 1.807) is 0 Å². The molecule has 0 aromatic carbocycles. The van der Waals surface area contributed by atoms with Crippen molar-refractivity contribution in [2.24, 2.45) is 29.4 Å². The minimum absolute atomic E-state index is 0.286. The molecule has 0 heterocycles. The topological polar surface area (TPSA) is 43.1 Å². The first kappa shape index (κ1) is 9.17. The molecule has 4 aliphatic carbocycles. The summed E-state index contributed by atoms with van der Waals surface area (Å²) in [5, 5.41) is -0.286. The van der Waals surface area contributed by atoms with E-state index in [1.807, 2.05) is 0 Å². The summed E-state index contributed by atoms with van der Waals surface area (Å²) in [6.45, 7) is 0. The van der Waals surface area contributed by atoms with Crippen LogP contribution in [-0.2, 0) is 4.79 Å². The van der Waals surface area contributed by atoms with Gasteiger partial charge in [0.05, 0.1) is 5.54 Å². The van der Waals surface area contributed by atoms with Crippen molar-refractivity contribution in [1.82, 2.24) is 0 Å². The summed E-state index contributed by atoms with van der Waals surface area (Å²) in [6, 6.07) is 0. The Bertz CT molecular complexity index is 261. The molecule has 4 saturated carbocycles. The molecule has 0 atom stereocenters. The van der Waals surface area contributed by atoms with Crippen LogP contribution < -0.4 is 5.73 Å². The Morgan fingerprint density at radius 1 is 1.07 bits per heavy atom. The van der Waals surface area contributed by atoms with Gasteiger partial charge in [-0.15, -0.1) is 0 Å². The lowest BCUT2D eigenvalue weighted by Crippen LogP contribution is -2.66. The molecule has 0 radical (unpaired) electrons. The van der Waals surface area contributed by atoms with Crippen molar-refractivity contribution in [3.05, 3.63) is 0 Å². The van der Waals surface area contributed by atoms with Crippen LogP contribution in [0.1, 0.15) is 32.1 Å². The molecule has 14 heavy (non-hydrogen) atoms. The fourth-order valence-corrected chi connectivity index (χ4v) is 4.59. The molecule has 4 fully saturated rings. The second-order valence-electron chi connectivity index (χ2n) is 5.51. The van der Waals surface area contributed by atoms with E-state index in [0.717, 1.165) is 37.5 Å². The van der Waals surface area contributed by atoms with E-state index < -0.39 is 5.54 Å². The number of hydrogen-bond acceptors (Lipinski definition) is 2. The first-order valence-corrected chi connectivity index (χ1v) is 5.97. The highest BCUT2D eigenvalue weighted by atomic mass is 35.5. The Balaban J connectivity index is 1.98. The summed E-state index contributed by atoms with van der Waals surface area (Å²) in [4.78, 5) is 11.5. The lowest BCUT2D eigenvalue weighted by Gasteiger charge is -2.58. The Morgan fingerprint density at radius 2 is 1.50 bits per heavy atom. The Kier molecular flexibility index (Phi) is 1.79. The van der Waals surface area contributed by atoms with Crippen LogP contribution >= 0.6 is 11.6 Å². The molecule has 4 bridgehead atoms. The van der Waals surface area contributed by atoms with Crippen molar-refractivity contribution in [2.45, 2.75) is 37.6 Å². The summed E-state index contributed by atoms with van der Waals surface area (Å²) >= 11 is 5.70. The predicted octanol–water partition coefficient (Wildman–Crippen LogP) is 1.91. The standard InChI is InChI=1S/C11H16ClNO/c12-10(14)11(13)8-2-6-1-7(4-8)5-9(11)3-6/h6-9H,1-5,13H2. The number of carbonyl (C=O) groups is 1. The Labute approximate surface area is 89.2 Å². The number of hydrogen-bond donors (Lipinski definition) is 1. The van der Waals surface area contributed by atoms with E-state index in [1.165, 1.54) is 6.42 Å². The van der Waals surface area contributed by atoms with E-state index in [0.29, 0.717) is 11.8 Å². The molecule has 0 saturated heterocycles. The fraction of sp³-hybridized carbons (Fsp3) is 0.909. The first-order valence-electron chi connectivity index (χ1n) is 5.59. The van der Waals surface area contributed by atoms with E-state index in [2.05, 4.69) is 0 Å². The average molecular weight is 214 g/mol.